The zero-order valence-corrected chi connectivity index (χ0v) is 8.08. The predicted molar refractivity (Wildman–Crippen MR) is 52.7 cm³/mol. The number of primary amides is 2. The van der Waals surface area contributed by atoms with Gasteiger partial charge in [-0.05, 0) is 12.1 Å². The number of amides is 2. The molecule has 0 radical (unpaired) electrons. The molecular weight excluding hydrogens is 202 g/mol. The van der Waals surface area contributed by atoms with Gasteiger partial charge in [0.25, 0.3) is 5.91 Å². The maximum absolute atomic E-state index is 10.9. The van der Waals surface area contributed by atoms with Crippen molar-refractivity contribution < 1.29 is 9.59 Å². The second kappa shape index (κ2) is 4.61. The quantitative estimate of drug-likeness (QED) is 0.671. The van der Waals surface area contributed by atoms with Gasteiger partial charge in [0.15, 0.2) is 0 Å². The van der Waals surface area contributed by atoms with Crippen LogP contribution in [-0.4, -0.2) is 22.6 Å². The van der Waals surface area contributed by atoms with Crippen molar-refractivity contribution in [1.29, 1.82) is 0 Å². The highest BCUT2D eigenvalue weighted by Crippen LogP contribution is 2.18. The summed E-state index contributed by atoms with van der Waals surface area (Å²) < 4.78 is 0. The van der Waals surface area contributed by atoms with Crippen LogP contribution in [-0.2, 0) is 4.79 Å². The van der Waals surface area contributed by atoms with Gasteiger partial charge >= 0.3 is 0 Å². The highest BCUT2D eigenvalue weighted by Gasteiger charge is 2.09. The topological polar surface area (TPSA) is 99.1 Å². The molecule has 2 amide bonds. The Labute approximate surface area is 84.9 Å². The minimum absolute atomic E-state index is 0.0806. The summed E-state index contributed by atoms with van der Waals surface area (Å²) in [5.41, 5.74) is 10.4. The number of hydrogen-bond acceptors (Lipinski definition) is 4. The highest BCUT2D eigenvalue weighted by atomic mass is 32.2. The van der Waals surface area contributed by atoms with Crippen LogP contribution in [0.2, 0.25) is 0 Å². The van der Waals surface area contributed by atoms with Crippen molar-refractivity contribution in [3.63, 3.8) is 0 Å². The van der Waals surface area contributed by atoms with Crippen molar-refractivity contribution in [2.24, 2.45) is 11.5 Å². The van der Waals surface area contributed by atoms with Gasteiger partial charge in [0.1, 0.15) is 5.03 Å². The fourth-order valence-corrected chi connectivity index (χ4v) is 1.57. The molecule has 0 atom stereocenters. The van der Waals surface area contributed by atoms with Crippen molar-refractivity contribution in [3.05, 3.63) is 23.9 Å². The summed E-state index contributed by atoms with van der Waals surface area (Å²) in [7, 11) is 0. The lowest BCUT2D eigenvalue weighted by molar-refractivity contribution is -0.115. The SMILES string of the molecule is NC(=O)CSc1ncccc1C(N)=O. The van der Waals surface area contributed by atoms with E-state index in [0.29, 0.717) is 10.6 Å². The van der Waals surface area contributed by atoms with E-state index in [4.69, 9.17) is 11.5 Å². The standard InChI is InChI=1S/C8H9N3O2S/c9-6(12)4-14-8-5(7(10)13)2-1-3-11-8/h1-3H,4H2,(H2,9,12)(H2,10,13). The van der Waals surface area contributed by atoms with Gasteiger partial charge in [0.2, 0.25) is 5.91 Å². The molecule has 0 saturated carbocycles. The lowest BCUT2D eigenvalue weighted by Gasteiger charge is -2.02. The van der Waals surface area contributed by atoms with Gasteiger partial charge in [-0.15, -0.1) is 0 Å². The zero-order chi connectivity index (χ0) is 10.6. The summed E-state index contributed by atoms with van der Waals surface area (Å²) in [4.78, 5) is 25.4. The van der Waals surface area contributed by atoms with Crippen LogP contribution in [0.4, 0.5) is 0 Å². The molecule has 0 saturated heterocycles. The van der Waals surface area contributed by atoms with Crippen LogP contribution in [0.25, 0.3) is 0 Å². The maximum Gasteiger partial charge on any atom is 0.251 e. The van der Waals surface area contributed by atoms with E-state index in [-0.39, 0.29) is 5.75 Å². The summed E-state index contributed by atoms with van der Waals surface area (Å²) in [6, 6.07) is 3.16. The molecule has 0 unspecified atom stereocenters. The first-order valence-electron chi connectivity index (χ1n) is 3.77. The molecule has 0 fully saturated rings. The number of hydrogen-bond donors (Lipinski definition) is 2. The van der Waals surface area contributed by atoms with Crippen molar-refractivity contribution in [2.45, 2.75) is 5.03 Å². The second-order valence-corrected chi connectivity index (χ2v) is 3.44. The molecule has 0 aliphatic heterocycles. The molecule has 14 heavy (non-hydrogen) atoms. The van der Waals surface area contributed by atoms with Crippen molar-refractivity contribution >= 4 is 23.6 Å². The Morgan fingerprint density at radius 2 is 2.14 bits per heavy atom. The lowest BCUT2D eigenvalue weighted by Crippen LogP contribution is -2.16. The average molecular weight is 211 g/mol. The molecule has 1 rings (SSSR count). The predicted octanol–water partition coefficient (Wildman–Crippen LogP) is -0.242. The monoisotopic (exact) mass is 211 g/mol. The highest BCUT2D eigenvalue weighted by molar-refractivity contribution is 8.00. The third-order valence-electron chi connectivity index (χ3n) is 1.39. The van der Waals surface area contributed by atoms with Crippen LogP contribution >= 0.6 is 11.8 Å². The number of pyridine rings is 1. The van der Waals surface area contributed by atoms with Crippen LogP contribution in [0.5, 0.6) is 0 Å². The molecule has 4 N–H and O–H groups in total. The molecular formula is C8H9N3O2S. The van der Waals surface area contributed by atoms with E-state index in [2.05, 4.69) is 4.98 Å². The van der Waals surface area contributed by atoms with E-state index in [1.54, 1.807) is 12.1 Å². The number of carbonyl (C=O) groups excluding carboxylic acids is 2. The molecule has 1 aromatic rings. The molecule has 0 spiro atoms. The van der Waals surface area contributed by atoms with Gasteiger partial charge in [-0.1, -0.05) is 11.8 Å². The van der Waals surface area contributed by atoms with Gasteiger partial charge in [0, 0.05) is 6.20 Å². The van der Waals surface area contributed by atoms with Crippen LogP contribution in [0.1, 0.15) is 10.4 Å². The van der Waals surface area contributed by atoms with Crippen LogP contribution in [0.15, 0.2) is 23.4 Å². The van der Waals surface area contributed by atoms with Crippen molar-refractivity contribution in [2.75, 3.05) is 5.75 Å². The van der Waals surface area contributed by atoms with Gasteiger partial charge in [-0.25, -0.2) is 4.98 Å². The Bertz CT molecular complexity index is 367. The van der Waals surface area contributed by atoms with Gasteiger partial charge in [0.05, 0.1) is 11.3 Å². The zero-order valence-electron chi connectivity index (χ0n) is 7.27. The number of rotatable bonds is 4. The van der Waals surface area contributed by atoms with Crippen LogP contribution < -0.4 is 11.5 Å². The largest absolute Gasteiger partial charge is 0.369 e. The van der Waals surface area contributed by atoms with Gasteiger partial charge in [-0.3, -0.25) is 9.59 Å². The van der Waals surface area contributed by atoms with Crippen molar-refractivity contribution in [1.82, 2.24) is 4.98 Å². The van der Waals surface area contributed by atoms with E-state index in [0.717, 1.165) is 11.8 Å². The third-order valence-corrected chi connectivity index (χ3v) is 2.42. The number of nitrogens with zero attached hydrogens (tertiary/aromatic N) is 1. The summed E-state index contributed by atoms with van der Waals surface area (Å²) >= 11 is 1.10. The van der Waals surface area contributed by atoms with Crippen LogP contribution in [0.3, 0.4) is 0 Å². The van der Waals surface area contributed by atoms with Gasteiger partial charge < -0.3 is 11.5 Å². The first kappa shape index (κ1) is 10.5. The molecule has 5 nitrogen and oxygen atoms in total. The fourth-order valence-electron chi connectivity index (χ4n) is 0.833. The number of nitrogens with two attached hydrogens (primary N) is 2. The molecule has 0 aliphatic carbocycles. The summed E-state index contributed by atoms with van der Waals surface area (Å²) in [6.45, 7) is 0. The molecule has 6 heteroatoms. The van der Waals surface area contributed by atoms with E-state index < -0.39 is 11.8 Å². The maximum atomic E-state index is 10.9. The fraction of sp³-hybridized carbons (Fsp3) is 0.125. The summed E-state index contributed by atoms with van der Waals surface area (Å²) in [5, 5.41) is 0.429. The average Bonchev–Trinajstić information content (AvgIpc) is 2.15. The molecule has 1 heterocycles. The first-order valence-corrected chi connectivity index (χ1v) is 4.75. The number of aromatic nitrogens is 1. The second-order valence-electron chi connectivity index (χ2n) is 2.48. The Kier molecular flexibility index (Phi) is 3.47. The van der Waals surface area contributed by atoms with E-state index in [1.165, 1.54) is 6.20 Å². The molecule has 0 bridgehead atoms. The summed E-state index contributed by atoms with van der Waals surface area (Å²) in [5.74, 6) is -0.946. The van der Waals surface area contributed by atoms with Crippen molar-refractivity contribution in [3.8, 4) is 0 Å². The number of thioether (sulfide) groups is 1. The normalized spacial score (nSPS) is 9.71. The minimum atomic E-state index is -0.565. The molecule has 74 valence electrons. The van der Waals surface area contributed by atoms with E-state index >= 15 is 0 Å². The Balaban J connectivity index is 2.84. The number of carbonyl (C=O) groups is 2. The molecule has 1 aromatic heterocycles. The van der Waals surface area contributed by atoms with E-state index in [9.17, 15) is 9.59 Å². The van der Waals surface area contributed by atoms with E-state index in [1.807, 2.05) is 0 Å². The Hall–Kier alpha value is -1.56. The van der Waals surface area contributed by atoms with Crippen LogP contribution in [0, 0.1) is 0 Å². The lowest BCUT2D eigenvalue weighted by atomic mass is 10.3. The summed E-state index contributed by atoms with van der Waals surface area (Å²) in [6.07, 6.45) is 1.52. The minimum Gasteiger partial charge on any atom is -0.369 e. The first-order chi connectivity index (χ1) is 6.61. The van der Waals surface area contributed by atoms with Gasteiger partial charge in [-0.2, -0.15) is 0 Å². The smallest absolute Gasteiger partial charge is 0.251 e. The Morgan fingerprint density at radius 1 is 1.43 bits per heavy atom. The molecule has 0 aromatic carbocycles. The third kappa shape index (κ3) is 2.74. The molecule has 0 aliphatic rings. The Morgan fingerprint density at radius 3 is 2.71 bits per heavy atom.